The number of hydrogen-bond donors (Lipinski definition) is 2. The van der Waals surface area contributed by atoms with Crippen molar-refractivity contribution in [1.82, 2.24) is 9.97 Å². The van der Waals surface area contributed by atoms with E-state index in [1.807, 2.05) is 32.9 Å². The average Bonchev–Trinajstić information content (AvgIpc) is 2.58. The molecule has 1 heterocycles. The molecule has 2 rings (SSSR count). The van der Waals surface area contributed by atoms with Gasteiger partial charge in [-0.05, 0) is 58.4 Å². The summed E-state index contributed by atoms with van der Waals surface area (Å²) in [4.78, 5) is 23.1. The van der Waals surface area contributed by atoms with E-state index in [1.54, 1.807) is 6.20 Å². The number of anilines is 3. The molecule has 25 heavy (non-hydrogen) atoms. The molecule has 134 valence electrons. The minimum absolute atomic E-state index is 0.262. The van der Waals surface area contributed by atoms with Gasteiger partial charge < -0.3 is 15.5 Å². The van der Waals surface area contributed by atoms with Gasteiger partial charge in [-0.2, -0.15) is 0 Å². The summed E-state index contributed by atoms with van der Waals surface area (Å²) in [6.07, 6.45) is 3.06. The predicted molar refractivity (Wildman–Crippen MR) is 103 cm³/mol. The highest BCUT2D eigenvalue weighted by Crippen LogP contribution is 2.23. The van der Waals surface area contributed by atoms with Crippen LogP contribution in [0.25, 0.3) is 0 Å². The summed E-state index contributed by atoms with van der Waals surface area (Å²) in [6.45, 7) is 12.2. The summed E-state index contributed by atoms with van der Waals surface area (Å²) in [5, 5.41) is 6.06. The van der Waals surface area contributed by atoms with Crippen molar-refractivity contribution in [2.45, 2.75) is 40.7 Å². The highest BCUT2D eigenvalue weighted by molar-refractivity contribution is 6.03. The highest BCUT2D eigenvalue weighted by atomic mass is 16.1. The van der Waals surface area contributed by atoms with E-state index >= 15 is 0 Å². The van der Waals surface area contributed by atoms with E-state index in [0.29, 0.717) is 11.5 Å². The summed E-state index contributed by atoms with van der Waals surface area (Å²) in [7, 11) is 0. The van der Waals surface area contributed by atoms with Gasteiger partial charge in [0.1, 0.15) is 11.5 Å². The number of carbonyl (C=O) groups is 1. The molecular formula is C19H27N5O. The minimum Gasteiger partial charge on any atom is -0.372 e. The summed E-state index contributed by atoms with van der Waals surface area (Å²) in [5.41, 5.74) is 3.25. The predicted octanol–water partition coefficient (Wildman–Crippen LogP) is 3.70. The van der Waals surface area contributed by atoms with E-state index in [9.17, 15) is 4.79 Å². The summed E-state index contributed by atoms with van der Waals surface area (Å²) >= 11 is 0. The molecule has 0 radical (unpaired) electrons. The standard InChI is InChI=1S/C19H27N5O/c1-6-24(7-2)15-8-9-16(14(5)10-15)23-19(25)17-11-21-18(12-20-17)22-13(3)4/h8-13H,6-7H2,1-5H3,(H,21,22)(H,23,25). The number of aryl methyl sites for hydroxylation is 1. The van der Waals surface area contributed by atoms with E-state index in [0.717, 1.165) is 30.0 Å². The lowest BCUT2D eigenvalue weighted by Gasteiger charge is -2.22. The normalized spacial score (nSPS) is 10.6. The Balaban J connectivity index is 2.09. The molecule has 0 aliphatic rings. The molecule has 0 atom stereocenters. The maximum Gasteiger partial charge on any atom is 0.275 e. The molecular weight excluding hydrogens is 314 g/mol. The molecule has 0 unspecified atom stereocenters. The van der Waals surface area contributed by atoms with Gasteiger partial charge in [-0.3, -0.25) is 4.79 Å². The monoisotopic (exact) mass is 341 g/mol. The molecule has 0 saturated carbocycles. The van der Waals surface area contributed by atoms with Gasteiger partial charge in [0, 0.05) is 30.5 Å². The van der Waals surface area contributed by atoms with Gasteiger partial charge in [0.15, 0.2) is 0 Å². The molecule has 0 aliphatic carbocycles. The molecule has 2 aromatic rings. The lowest BCUT2D eigenvalue weighted by Crippen LogP contribution is -2.22. The van der Waals surface area contributed by atoms with Gasteiger partial charge in [0.2, 0.25) is 0 Å². The quantitative estimate of drug-likeness (QED) is 0.803. The summed E-state index contributed by atoms with van der Waals surface area (Å²) in [5.74, 6) is 0.397. The first kappa shape index (κ1) is 18.7. The zero-order valence-electron chi connectivity index (χ0n) is 15.6. The molecule has 2 N–H and O–H groups in total. The Morgan fingerprint density at radius 1 is 1.16 bits per heavy atom. The Labute approximate surface area is 149 Å². The second kappa shape index (κ2) is 8.46. The van der Waals surface area contributed by atoms with Crippen LogP contribution in [0.1, 0.15) is 43.7 Å². The van der Waals surface area contributed by atoms with Gasteiger partial charge in [-0.25, -0.2) is 9.97 Å². The van der Waals surface area contributed by atoms with Gasteiger partial charge in [0.25, 0.3) is 5.91 Å². The fraction of sp³-hybridized carbons (Fsp3) is 0.421. The van der Waals surface area contributed by atoms with Crippen LogP contribution < -0.4 is 15.5 Å². The molecule has 0 fully saturated rings. The Morgan fingerprint density at radius 3 is 2.40 bits per heavy atom. The van der Waals surface area contributed by atoms with Crippen molar-refractivity contribution < 1.29 is 4.79 Å². The van der Waals surface area contributed by atoms with Crippen LogP contribution in [0.15, 0.2) is 30.6 Å². The van der Waals surface area contributed by atoms with E-state index in [4.69, 9.17) is 0 Å². The molecule has 6 nitrogen and oxygen atoms in total. The SMILES string of the molecule is CCN(CC)c1ccc(NC(=O)c2cnc(NC(C)C)cn2)c(C)c1. The first-order valence-electron chi connectivity index (χ1n) is 8.70. The Hall–Kier alpha value is -2.63. The number of hydrogen-bond acceptors (Lipinski definition) is 5. The Morgan fingerprint density at radius 2 is 1.88 bits per heavy atom. The van der Waals surface area contributed by atoms with Crippen LogP contribution in [-0.2, 0) is 0 Å². The number of aromatic nitrogens is 2. The van der Waals surface area contributed by atoms with Crippen molar-refractivity contribution in [2.75, 3.05) is 28.6 Å². The number of carbonyl (C=O) groups excluding carboxylic acids is 1. The molecule has 1 amide bonds. The largest absolute Gasteiger partial charge is 0.372 e. The van der Waals surface area contributed by atoms with Crippen molar-refractivity contribution in [3.05, 3.63) is 41.9 Å². The lowest BCUT2D eigenvalue weighted by atomic mass is 10.1. The Bertz CT molecular complexity index is 708. The second-order valence-corrected chi connectivity index (χ2v) is 6.21. The second-order valence-electron chi connectivity index (χ2n) is 6.21. The topological polar surface area (TPSA) is 70.2 Å². The zero-order chi connectivity index (χ0) is 18.4. The molecule has 0 bridgehead atoms. The smallest absolute Gasteiger partial charge is 0.275 e. The van der Waals surface area contributed by atoms with Gasteiger partial charge in [0.05, 0.1) is 12.4 Å². The minimum atomic E-state index is -0.262. The van der Waals surface area contributed by atoms with Crippen LogP contribution in [0, 0.1) is 6.92 Å². The first-order chi connectivity index (χ1) is 11.9. The van der Waals surface area contributed by atoms with Crippen molar-refractivity contribution in [1.29, 1.82) is 0 Å². The maximum atomic E-state index is 12.4. The highest BCUT2D eigenvalue weighted by Gasteiger charge is 2.11. The van der Waals surface area contributed by atoms with Crippen molar-refractivity contribution in [2.24, 2.45) is 0 Å². The number of nitrogens with zero attached hydrogens (tertiary/aromatic N) is 3. The van der Waals surface area contributed by atoms with Crippen molar-refractivity contribution in [3.63, 3.8) is 0 Å². The van der Waals surface area contributed by atoms with E-state index in [-0.39, 0.29) is 11.9 Å². The van der Waals surface area contributed by atoms with Crippen LogP contribution in [0.3, 0.4) is 0 Å². The van der Waals surface area contributed by atoms with Crippen LogP contribution in [-0.4, -0.2) is 35.0 Å². The summed E-state index contributed by atoms with van der Waals surface area (Å²) in [6, 6.07) is 6.31. The fourth-order valence-corrected chi connectivity index (χ4v) is 2.58. The molecule has 1 aromatic heterocycles. The fourth-order valence-electron chi connectivity index (χ4n) is 2.58. The zero-order valence-corrected chi connectivity index (χ0v) is 15.6. The van der Waals surface area contributed by atoms with Crippen LogP contribution in [0.2, 0.25) is 0 Å². The third kappa shape index (κ3) is 4.92. The van der Waals surface area contributed by atoms with Crippen LogP contribution in [0.5, 0.6) is 0 Å². The lowest BCUT2D eigenvalue weighted by molar-refractivity contribution is 0.102. The number of benzene rings is 1. The third-order valence-electron chi connectivity index (χ3n) is 3.91. The number of rotatable bonds is 7. The molecule has 0 saturated heterocycles. The molecule has 0 aliphatic heterocycles. The molecule has 0 spiro atoms. The average molecular weight is 341 g/mol. The number of nitrogens with one attached hydrogen (secondary N) is 2. The maximum absolute atomic E-state index is 12.4. The molecule has 6 heteroatoms. The van der Waals surface area contributed by atoms with E-state index < -0.39 is 0 Å². The van der Waals surface area contributed by atoms with Gasteiger partial charge in [-0.15, -0.1) is 0 Å². The van der Waals surface area contributed by atoms with E-state index in [1.165, 1.54) is 6.20 Å². The molecule has 1 aromatic carbocycles. The van der Waals surface area contributed by atoms with Gasteiger partial charge >= 0.3 is 0 Å². The van der Waals surface area contributed by atoms with Crippen LogP contribution in [0.4, 0.5) is 17.2 Å². The van der Waals surface area contributed by atoms with Crippen molar-refractivity contribution in [3.8, 4) is 0 Å². The first-order valence-corrected chi connectivity index (χ1v) is 8.70. The van der Waals surface area contributed by atoms with Crippen molar-refractivity contribution >= 4 is 23.1 Å². The number of amides is 1. The van der Waals surface area contributed by atoms with Crippen LogP contribution >= 0.6 is 0 Å². The summed E-state index contributed by atoms with van der Waals surface area (Å²) < 4.78 is 0. The third-order valence-corrected chi connectivity index (χ3v) is 3.91. The van der Waals surface area contributed by atoms with Gasteiger partial charge in [-0.1, -0.05) is 0 Å². The Kier molecular flexibility index (Phi) is 6.33. The van der Waals surface area contributed by atoms with E-state index in [2.05, 4.69) is 45.4 Å².